The van der Waals surface area contributed by atoms with Crippen molar-refractivity contribution in [3.8, 4) is 11.1 Å². The minimum Gasteiger partial charge on any atom is -0.356 e. The lowest BCUT2D eigenvalue weighted by Crippen LogP contribution is -2.36. The average molecular weight is 368 g/mol. The van der Waals surface area contributed by atoms with Gasteiger partial charge in [0.1, 0.15) is 0 Å². The molecule has 1 atom stereocenters. The first-order valence-electron chi connectivity index (χ1n) is 9.34. The van der Waals surface area contributed by atoms with Gasteiger partial charge in [-0.25, -0.2) is 5.48 Å². The molecular formula is C22H28N2O3. The number of carbonyl (C=O) groups is 2. The number of hydroxylamine groups is 1. The predicted octanol–water partition coefficient (Wildman–Crippen LogP) is 3.57. The Kier molecular flexibility index (Phi) is 8.01. The van der Waals surface area contributed by atoms with Gasteiger partial charge in [0.15, 0.2) is 0 Å². The van der Waals surface area contributed by atoms with Crippen LogP contribution in [0.1, 0.15) is 32.3 Å². The molecular weight excluding hydrogens is 340 g/mol. The molecule has 0 aliphatic heterocycles. The molecule has 3 N–H and O–H groups in total. The van der Waals surface area contributed by atoms with E-state index in [1.54, 1.807) is 5.48 Å². The minimum absolute atomic E-state index is 0.00765. The smallest absolute Gasteiger partial charge is 0.244 e. The van der Waals surface area contributed by atoms with Crippen LogP contribution >= 0.6 is 0 Å². The van der Waals surface area contributed by atoms with Crippen LogP contribution in [0.5, 0.6) is 0 Å². The number of rotatable bonds is 9. The van der Waals surface area contributed by atoms with Gasteiger partial charge in [-0.3, -0.25) is 14.8 Å². The highest BCUT2D eigenvalue weighted by Crippen LogP contribution is 2.19. The molecule has 0 saturated heterocycles. The molecule has 0 radical (unpaired) electrons. The fraction of sp³-hybridized carbons (Fsp3) is 0.364. The molecule has 27 heavy (non-hydrogen) atoms. The van der Waals surface area contributed by atoms with Crippen molar-refractivity contribution in [3.63, 3.8) is 0 Å². The molecule has 0 heterocycles. The van der Waals surface area contributed by atoms with Crippen molar-refractivity contribution in [1.29, 1.82) is 0 Å². The van der Waals surface area contributed by atoms with Gasteiger partial charge in [0.2, 0.25) is 11.8 Å². The third kappa shape index (κ3) is 6.87. The molecule has 0 aromatic heterocycles. The maximum absolute atomic E-state index is 12.4. The maximum Gasteiger partial charge on any atom is 0.244 e. The van der Waals surface area contributed by atoms with Crippen LogP contribution in [0.3, 0.4) is 0 Å². The van der Waals surface area contributed by atoms with Gasteiger partial charge >= 0.3 is 0 Å². The number of hydrogen-bond donors (Lipinski definition) is 3. The van der Waals surface area contributed by atoms with Gasteiger partial charge in [-0.2, -0.15) is 0 Å². The van der Waals surface area contributed by atoms with Gasteiger partial charge in [-0.1, -0.05) is 68.4 Å². The van der Waals surface area contributed by atoms with Crippen molar-refractivity contribution >= 4 is 11.8 Å². The summed E-state index contributed by atoms with van der Waals surface area (Å²) in [4.78, 5) is 23.8. The molecule has 144 valence electrons. The van der Waals surface area contributed by atoms with E-state index in [0.717, 1.165) is 17.5 Å². The lowest BCUT2D eigenvalue weighted by molar-refractivity contribution is -0.135. The Bertz CT molecular complexity index is 727. The van der Waals surface area contributed by atoms with E-state index in [-0.39, 0.29) is 18.2 Å². The number of amides is 2. The molecule has 1 unspecified atom stereocenters. The van der Waals surface area contributed by atoms with Crippen molar-refractivity contribution in [2.24, 2.45) is 11.8 Å². The highest BCUT2D eigenvalue weighted by molar-refractivity contribution is 5.85. The zero-order chi connectivity index (χ0) is 19.6. The molecule has 0 bridgehead atoms. The summed E-state index contributed by atoms with van der Waals surface area (Å²) in [5, 5.41) is 11.6. The molecule has 2 aromatic carbocycles. The van der Waals surface area contributed by atoms with Crippen molar-refractivity contribution < 1.29 is 14.8 Å². The largest absolute Gasteiger partial charge is 0.356 e. The summed E-state index contributed by atoms with van der Waals surface area (Å²) in [6.45, 7) is 4.52. The van der Waals surface area contributed by atoms with Crippen LogP contribution in [0.15, 0.2) is 54.6 Å². The normalized spacial score (nSPS) is 11.9. The highest BCUT2D eigenvalue weighted by Gasteiger charge is 2.22. The first kappa shape index (κ1) is 20.6. The van der Waals surface area contributed by atoms with Crippen LogP contribution in [0.4, 0.5) is 0 Å². The van der Waals surface area contributed by atoms with E-state index in [1.165, 1.54) is 5.56 Å². The molecule has 0 aliphatic carbocycles. The predicted molar refractivity (Wildman–Crippen MR) is 106 cm³/mol. The Morgan fingerprint density at radius 2 is 1.59 bits per heavy atom. The quantitative estimate of drug-likeness (QED) is 0.468. The summed E-state index contributed by atoms with van der Waals surface area (Å²) < 4.78 is 0. The molecule has 2 aromatic rings. The van der Waals surface area contributed by atoms with Gasteiger partial charge in [0.25, 0.3) is 0 Å². The lowest BCUT2D eigenvalue weighted by atomic mass is 9.93. The molecule has 5 heteroatoms. The number of nitrogens with one attached hydrogen (secondary N) is 2. The minimum atomic E-state index is -0.535. The van der Waals surface area contributed by atoms with Crippen LogP contribution in [-0.4, -0.2) is 23.6 Å². The Morgan fingerprint density at radius 3 is 2.19 bits per heavy atom. The topological polar surface area (TPSA) is 78.4 Å². The zero-order valence-electron chi connectivity index (χ0n) is 15.9. The van der Waals surface area contributed by atoms with E-state index in [4.69, 9.17) is 5.21 Å². The molecule has 0 aliphatic rings. The zero-order valence-corrected chi connectivity index (χ0v) is 15.9. The second kappa shape index (κ2) is 10.5. The van der Waals surface area contributed by atoms with E-state index in [9.17, 15) is 9.59 Å². The summed E-state index contributed by atoms with van der Waals surface area (Å²) in [5.41, 5.74) is 5.09. The average Bonchev–Trinajstić information content (AvgIpc) is 2.68. The first-order valence-corrected chi connectivity index (χ1v) is 9.34. The summed E-state index contributed by atoms with van der Waals surface area (Å²) in [6, 6.07) is 18.5. The van der Waals surface area contributed by atoms with Gasteiger partial charge in [-0.05, 0) is 35.4 Å². The van der Waals surface area contributed by atoms with Gasteiger partial charge in [0.05, 0.1) is 0 Å². The molecule has 0 fully saturated rings. The summed E-state index contributed by atoms with van der Waals surface area (Å²) in [5.74, 6) is -0.823. The van der Waals surface area contributed by atoms with Crippen molar-refractivity contribution in [2.45, 2.75) is 33.1 Å². The maximum atomic E-state index is 12.4. The molecule has 5 nitrogen and oxygen atoms in total. The fourth-order valence-electron chi connectivity index (χ4n) is 3.09. The molecule has 0 spiro atoms. The number of hydrogen-bond acceptors (Lipinski definition) is 3. The van der Waals surface area contributed by atoms with E-state index in [0.29, 0.717) is 13.0 Å². The standard InChI is InChI=1S/C22H28N2O3/c1-16(2)14-20(15-21(25)24-27)22(26)23-13-12-17-8-10-19(11-9-17)18-6-4-3-5-7-18/h3-11,16,20,27H,12-15H2,1-2H3,(H,23,26)(H,24,25). The highest BCUT2D eigenvalue weighted by atomic mass is 16.5. The number of carbonyl (C=O) groups excluding carboxylic acids is 2. The van der Waals surface area contributed by atoms with Crippen LogP contribution in [-0.2, 0) is 16.0 Å². The van der Waals surface area contributed by atoms with Crippen LogP contribution in [0.2, 0.25) is 0 Å². The van der Waals surface area contributed by atoms with Crippen LogP contribution in [0, 0.1) is 11.8 Å². The van der Waals surface area contributed by atoms with E-state index >= 15 is 0 Å². The number of benzene rings is 2. The fourth-order valence-corrected chi connectivity index (χ4v) is 3.09. The Labute approximate surface area is 160 Å². The first-order chi connectivity index (χ1) is 13.0. The van der Waals surface area contributed by atoms with E-state index in [1.807, 2.05) is 32.0 Å². The second-order valence-electron chi connectivity index (χ2n) is 7.17. The van der Waals surface area contributed by atoms with Gasteiger partial charge in [0, 0.05) is 18.9 Å². The summed E-state index contributed by atoms with van der Waals surface area (Å²) in [7, 11) is 0. The van der Waals surface area contributed by atoms with Crippen molar-refractivity contribution in [3.05, 3.63) is 60.2 Å². The molecule has 2 amide bonds. The monoisotopic (exact) mass is 368 g/mol. The Hall–Kier alpha value is -2.66. The lowest BCUT2D eigenvalue weighted by Gasteiger charge is -2.17. The Balaban J connectivity index is 1.86. The van der Waals surface area contributed by atoms with Crippen LogP contribution in [0.25, 0.3) is 11.1 Å². The SMILES string of the molecule is CC(C)CC(CC(=O)NO)C(=O)NCCc1ccc(-c2ccccc2)cc1. The van der Waals surface area contributed by atoms with Gasteiger partial charge in [-0.15, -0.1) is 0 Å². The third-order valence-corrected chi connectivity index (χ3v) is 4.46. The summed E-state index contributed by atoms with van der Waals surface area (Å²) in [6.07, 6.45) is 1.32. The second-order valence-corrected chi connectivity index (χ2v) is 7.17. The van der Waals surface area contributed by atoms with E-state index in [2.05, 4.69) is 41.7 Å². The van der Waals surface area contributed by atoms with Crippen molar-refractivity contribution in [2.75, 3.05) is 6.54 Å². The Morgan fingerprint density at radius 1 is 0.963 bits per heavy atom. The third-order valence-electron chi connectivity index (χ3n) is 4.46. The van der Waals surface area contributed by atoms with Crippen molar-refractivity contribution in [1.82, 2.24) is 10.8 Å². The summed E-state index contributed by atoms with van der Waals surface area (Å²) >= 11 is 0. The van der Waals surface area contributed by atoms with E-state index < -0.39 is 11.8 Å². The molecule has 2 rings (SSSR count). The van der Waals surface area contributed by atoms with Crippen LogP contribution < -0.4 is 10.8 Å². The molecule has 0 saturated carbocycles. The van der Waals surface area contributed by atoms with Gasteiger partial charge < -0.3 is 5.32 Å².